The number of rotatable bonds is 4. The van der Waals surface area contributed by atoms with E-state index in [9.17, 15) is 10.1 Å². The van der Waals surface area contributed by atoms with Gasteiger partial charge in [0.2, 0.25) is 0 Å². The molecule has 2 atom stereocenters. The highest BCUT2D eigenvalue weighted by molar-refractivity contribution is 6.30. The van der Waals surface area contributed by atoms with Gasteiger partial charge >= 0.3 is 0 Å². The molecule has 0 bridgehead atoms. The second-order valence-electron chi connectivity index (χ2n) is 5.28. The number of nitro groups is 1. The van der Waals surface area contributed by atoms with E-state index in [1.807, 2.05) is 0 Å². The Balaban J connectivity index is 2.04. The Kier molecular flexibility index (Phi) is 4.77. The van der Waals surface area contributed by atoms with E-state index in [-0.39, 0.29) is 10.6 Å². The lowest BCUT2D eigenvalue weighted by atomic mass is 9.86. The first-order valence-corrected chi connectivity index (χ1v) is 7.12. The van der Waals surface area contributed by atoms with Crippen LogP contribution in [0.5, 0.6) is 0 Å². The molecule has 1 aromatic carbocycles. The lowest BCUT2D eigenvalue weighted by Crippen LogP contribution is -2.36. The monoisotopic (exact) mass is 282 g/mol. The van der Waals surface area contributed by atoms with Crippen molar-refractivity contribution in [2.24, 2.45) is 5.92 Å². The molecule has 1 N–H and O–H groups in total. The minimum atomic E-state index is -0.368. The fraction of sp³-hybridized carbons (Fsp3) is 0.571. The van der Waals surface area contributed by atoms with Crippen molar-refractivity contribution in [3.8, 4) is 0 Å². The van der Waals surface area contributed by atoms with Gasteiger partial charge in [0.1, 0.15) is 0 Å². The molecule has 104 valence electrons. The first-order chi connectivity index (χ1) is 9.08. The first kappa shape index (κ1) is 14.3. The number of halogens is 1. The second-order valence-corrected chi connectivity index (χ2v) is 5.72. The zero-order valence-electron chi connectivity index (χ0n) is 11.1. The summed E-state index contributed by atoms with van der Waals surface area (Å²) in [5, 5.41) is 14.9. The third-order valence-electron chi connectivity index (χ3n) is 3.91. The van der Waals surface area contributed by atoms with Gasteiger partial charge in [0.25, 0.3) is 5.69 Å². The average Bonchev–Trinajstić information content (AvgIpc) is 2.38. The molecule has 1 aliphatic rings. The van der Waals surface area contributed by atoms with E-state index in [4.69, 9.17) is 11.6 Å². The Morgan fingerprint density at radius 1 is 1.42 bits per heavy atom. The fourth-order valence-electron chi connectivity index (χ4n) is 2.72. The molecule has 1 saturated carbocycles. The van der Waals surface area contributed by atoms with Gasteiger partial charge in [-0.2, -0.15) is 0 Å². The first-order valence-electron chi connectivity index (χ1n) is 6.74. The average molecular weight is 283 g/mol. The van der Waals surface area contributed by atoms with Crippen LogP contribution in [0.1, 0.15) is 38.2 Å². The van der Waals surface area contributed by atoms with Gasteiger partial charge in [0, 0.05) is 29.2 Å². The lowest BCUT2D eigenvalue weighted by molar-refractivity contribution is -0.385. The molecule has 0 aliphatic heterocycles. The van der Waals surface area contributed by atoms with Crippen LogP contribution in [-0.4, -0.2) is 11.0 Å². The van der Waals surface area contributed by atoms with Crippen molar-refractivity contribution in [3.05, 3.63) is 38.9 Å². The maximum absolute atomic E-state index is 11.0. The number of hydrogen-bond donors (Lipinski definition) is 1. The number of nitrogens with one attached hydrogen (secondary N) is 1. The SMILES string of the molecule is CC1CCCCC1NCc1ccc(Cl)cc1[N+](=O)[O-]. The minimum Gasteiger partial charge on any atom is -0.309 e. The molecule has 0 aromatic heterocycles. The van der Waals surface area contributed by atoms with Crippen molar-refractivity contribution in [1.82, 2.24) is 5.32 Å². The van der Waals surface area contributed by atoms with Gasteiger partial charge in [0.15, 0.2) is 0 Å². The number of hydrogen-bond acceptors (Lipinski definition) is 3. The zero-order valence-corrected chi connectivity index (χ0v) is 11.8. The van der Waals surface area contributed by atoms with E-state index in [1.54, 1.807) is 12.1 Å². The van der Waals surface area contributed by atoms with Gasteiger partial charge in [-0.15, -0.1) is 0 Å². The normalized spacial score (nSPS) is 23.3. The van der Waals surface area contributed by atoms with Crippen LogP contribution < -0.4 is 5.32 Å². The van der Waals surface area contributed by atoms with Gasteiger partial charge in [-0.25, -0.2) is 0 Å². The molecule has 5 heteroatoms. The van der Waals surface area contributed by atoms with E-state index >= 15 is 0 Å². The van der Waals surface area contributed by atoms with E-state index in [0.29, 0.717) is 29.1 Å². The molecule has 1 aliphatic carbocycles. The molecule has 4 nitrogen and oxygen atoms in total. The molecule has 0 spiro atoms. The van der Waals surface area contributed by atoms with Crippen molar-refractivity contribution in [3.63, 3.8) is 0 Å². The van der Waals surface area contributed by atoms with Gasteiger partial charge in [-0.05, 0) is 30.9 Å². The molecule has 2 unspecified atom stereocenters. The Morgan fingerprint density at radius 3 is 2.84 bits per heavy atom. The van der Waals surface area contributed by atoms with Crippen LogP contribution in [-0.2, 0) is 6.54 Å². The van der Waals surface area contributed by atoms with Crippen LogP contribution >= 0.6 is 11.6 Å². The summed E-state index contributed by atoms with van der Waals surface area (Å²) in [5.41, 5.74) is 0.802. The van der Waals surface area contributed by atoms with Crippen molar-refractivity contribution >= 4 is 17.3 Å². The molecule has 0 radical (unpaired) electrons. The number of nitrogens with zero attached hydrogens (tertiary/aromatic N) is 1. The molecular formula is C14H19ClN2O2. The summed E-state index contributed by atoms with van der Waals surface area (Å²) in [5.74, 6) is 0.639. The summed E-state index contributed by atoms with van der Waals surface area (Å²) in [6, 6.07) is 5.32. The molecule has 19 heavy (non-hydrogen) atoms. The Labute approximate surface area is 118 Å². The van der Waals surface area contributed by atoms with Crippen LogP contribution in [0.15, 0.2) is 18.2 Å². The van der Waals surface area contributed by atoms with Crippen LogP contribution in [0.2, 0.25) is 5.02 Å². The quantitative estimate of drug-likeness (QED) is 0.673. The van der Waals surface area contributed by atoms with Crippen molar-refractivity contribution in [1.29, 1.82) is 0 Å². The van der Waals surface area contributed by atoms with Crippen LogP contribution in [0.25, 0.3) is 0 Å². The molecule has 0 amide bonds. The zero-order chi connectivity index (χ0) is 13.8. The van der Waals surface area contributed by atoms with Gasteiger partial charge in [0.05, 0.1) is 4.92 Å². The lowest BCUT2D eigenvalue weighted by Gasteiger charge is -2.29. The van der Waals surface area contributed by atoms with Crippen LogP contribution in [0.3, 0.4) is 0 Å². The highest BCUT2D eigenvalue weighted by Crippen LogP contribution is 2.26. The van der Waals surface area contributed by atoms with Gasteiger partial charge < -0.3 is 5.32 Å². The fourth-order valence-corrected chi connectivity index (χ4v) is 2.88. The van der Waals surface area contributed by atoms with E-state index in [0.717, 1.165) is 6.42 Å². The van der Waals surface area contributed by atoms with Gasteiger partial charge in [-0.1, -0.05) is 31.4 Å². The molecular weight excluding hydrogens is 264 g/mol. The topological polar surface area (TPSA) is 55.2 Å². The summed E-state index contributed by atoms with van der Waals surface area (Å²) in [7, 11) is 0. The minimum absolute atomic E-state index is 0.100. The highest BCUT2D eigenvalue weighted by Gasteiger charge is 2.22. The second kappa shape index (κ2) is 6.35. The summed E-state index contributed by atoms with van der Waals surface area (Å²) in [4.78, 5) is 10.6. The molecule has 1 aromatic rings. The van der Waals surface area contributed by atoms with E-state index in [1.165, 1.54) is 25.3 Å². The summed E-state index contributed by atoms with van der Waals surface area (Å²) >= 11 is 5.81. The van der Waals surface area contributed by atoms with Gasteiger partial charge in [-0.3, -0.25) is 10.1 Å². The Hall–Kier alpha value is -1.13. The predicted octanol–water partition coefficient (Wildman–Crippen LogP) is 3.92. The molecule has 2 rings (SSSR count). The Bertz CT molecular complexity index is 465. The van der Waals surface area contributed by atoms with Crippen LogP contribution in [0, 0.1) is 16.0 Å². The van der Waals surface area contributed by atoms with Crippen molar-refractivity contribution in [2.45, 2.75) is 45.2 Å². The van der Waals surface area contributed by atoms with Crippen molar-refractivity contribution < 1.29 is 4.92 Å². The highest BCUT2D eigenvalue weighted by atomic mass is 35.5. The van der Waals surface area contributed by atoms with E-state index in [2.05, 4.69) is 12.2 Å². The maximum Gasteiger partial charge on any atom is 0.275 e. The third kappa shape index (κ3) is 3.67. The predicted molar refractivity (Wildman–Crippen MR) is 76.4 cm³/mol. The molecule has 0 heterocycles. The maximum atomic E-state index is 11.0. The summed E-state index contributed by atoms with van der Waals surface area (Å²) < 4.78 is 0. The molecule has 0 saturated heterocycles. The smallest absolute Gasteiger partial charge is 0.275 e. The van der Waals surface area contributed by atoms with Crippen LogP contribution in [0.4, 0.5) is 5.69 Å². The standard InChI is InChI=1S/C14H19ClN2O2/c1-10-4-2-3-5-13(10)16-9-11-6-7-12(15)8-14(11)17(18)19/h6-8,10,13,16H,2-5,9H2,1H3. The van der Waals surface area contributed by atoms with E-state index < -0.39 is 0 Å². The van der Waals surface area contributed by atoms with Crippen molar-refractivity contribution in [2.75, 3.05) is 0 Å². The number of nitro benzene ring substituents is 1. The Morgan fingerprint density at radius 2 is 2.16 bits per heavy atom. The largest absolute Gasteiger partial charge is 0.309 e. The third-order valence-corrected chi connectivity index (χ3v) is 4.15. The molecule has 1 fully saturated rings. The number of benzene rings is 1. The summed E-state index contributed by atoms with van der Waals surface area (Å²) in [6.45, 7) is 2.77. The summed E-state index contributed by atoms with van der Waals surface area (Å²) in [6.07, 6.45) is 4.92.